The third-order valence-corrected chi connectivity index (χ3v) is 9.18. The Balaban J connectivity index is 0.00000324. The maximum atomic E-state index is 10.3. The number of fused-ring (bicyclic) bond motifs is 1. The number of rotatable bonds is 11. The van der Waals surface area contributed by atoms with Crippen LogP contribution in [0.25, 0.3) is 0 Å². The molecule has 0 radical (unpaired) electrons. The summed E-state index contributed by atoms with van der Waals surface area (Å²) in [6, 6.07) is 16.1. The molecule has 1 saturated heterocycles. The van der Waals surface area contributed by atoms with Crippen molar-refractivity contribution in [1.29, 1.82) is 0 Å². The van der Waals surface area contributed by atoms with Crippen LogP contribution in [0, 0.1) is 0 Å². The normalized spacial score (nSPS) is 21.2. The van der Waals surface area contributed by atoms with E-state index in [0.29, 0.717) is 6.04 Å². The van der Waals surface area contributed by atoms with Crippen LogP contribution in [0.2, 0.25) is 0 Å². The van der Waals surface area contributed by atoms with Crippen molar-refractivity contribution in [1.82, 2.24) is 4.90 Å². The molecule has 188 valence electrons. The standard InChI is InChI=1S/C28H38BrNO2S.ClH/c1-3-5-17-28(18-6-4-2)32-26-16-10-22(19-27(26)33-28)25-15-14-24(30(25)20-31)13-9-21-7-11-23(29)12-8-21;/h7-8,10-12,16,19,24-25,31H,3-6,9,13-15,17-18,20H2,1-2H3;1H. The molecule has 0 aromatic heterocycles. The van der Waals surface area contributed by atoms with Gasteiger partial charge < -0.3 is 9.84 Å². The molecule has 0 amide bonds. The summed E-state index contributed by atoms with van der Waals surface area (Å²) in [7, 11) is 0. The van der Waals surface area contributed by atoms with Crippen molar-refractivity contribution >= 4 is 40.1 Å². The molecule has 2 heterocycles. The summed E-state index contributed by atoms with van der Waals surface area (Å²) in [5.41, 5.74) is 2.69. The number of halogens is 2. The Morgan fingerprint density at radius 2 is 1.76 bits per heavy atom. The van der Waals surface area contributed by atoms with Crippen LogP contribution in [0.15, 0.2) is 51.8 Å². The van der Waals surface area contributed by atoms with Gasteiger partial charge in [0.15, 0.2) is 4.93 Å². The maximum absolute atomic E-state index is 10.3. The number of aliphatic hydroxyl groups is 1. The SMILES string of the molecule is CCCCC1(CCCC)Oc2ccc(C3CCC(CCc4ccc(Br)cc4)N3CO)cc2S1.Cl. The molecular weight excluding hydrogens is 530 g/mol. The molecule has 2 aromatic carbocycles. The molecule has 1 fully saturated rings. The molecule has 0 bridgehead atoms. The summed E-state index contributed by atoms with van der Waals surface area (Å²) < 4.78 is 7.70. The van der Waals surface area contributed by atoms with E-state index in [1.165, 1.54) is 41.7 Å². The summed E-state index contributed by atoms with van der Waals surface area (Å²) >= 11 is 5.47. The maximum Gasteiger partial charge on any atom is 0.159 e. The molecule has 3 nitrogen and oxygen atoms in total. The molecule has 2 aromatic rings. The van der Waals surface area contributed by atoms with Crippen molar-refractivity contribution in [3.8, 4) is 5.75 Å². The van der Waals surface area contributed by atoms with Gasteiger partial charge in [-0.1, -0.05) is 72.6 Å². The highest BCUT2D eigenvalue weighted by Crippen LogP contribution is 2.53. The fraction of sp³-hybridized carbons (Fsp3) is 0.571. The van der Waals surface area contributed by atoms with Gasteiger partial charge in [0.05, 0.1) is 11.6 Å². The molecule has 4 rings (SSSR count). The minimum absolute atomic E-state index is 0. The van der Waals surface area contributed by atoms with Crippen LogP contribution in [0.3, 0.4) is 0 Å². The zero-order valence-corrected chi connectivity index (χ0v) is 23.7. The van der Waals surface area contributed by atoms with E-state index in [4.69, 9.17) is 4.74 Å². The van der Waals surface area contributed by atoms with E-state index in [1.54, 1.807) is 0 Å². The number of benzene rings is 2. The highest BCUT2D eigenvalue weighted by molar-refractivity contribution is 9.10. The topological polar surface area (TPSA) is 32.7 Å². The number of thioether (sulfide) groups is 1. The quantitative estimate of drug-likeness (QED) is 0.294. The first-order chi connectivity index (χ1) is 16.1. The largest absolute Gasteiger partial charge is 0.475 e. The van der Waals surface area contributed by atoms with Gasteiger partial charge in [-0.2, -0.15) is 0 Å². The average molecular weight is 569 g/mol. The van der Waals surface area contributed by atoms with Gasteiger partial charge in [0, 0.05) is 16.6 Å². The van der Waals surface area contributed by atoms with Crippen molar-refractivity contribution < 1.29 is 9.84 Å². The number of unbranched alkanes of at least 4 members (excludes halogenated alkanes) is 2. The number of nitrogens with zero attached hydrogens (tertiary/aromatic N) is 1. The van der Waals surface area contributed by atoms with Crippen LogP contribution in [-0.4, -0.2) is 27.7 Å². The molecular formula is C28H39BrClNO2S. The molecule has 6 heteroatoms. The molecule has 1 N–H and O–H groups in total. The Morgan fingerprint density at radius 3 is 2.41 bits per heavy atom. The Hall–Kier alpha value is -0.720. The summed E-state index contributed by atoms with van der Waals surface area (Å²) in [6.45, 7) is 4.64. The minimum atomic E-state index is -0.0907. The first kappa shape index (κ1) is 27.9. The summed E-state index contributed by atoms with van der Waals surface area (Å²) in [4.78, 5) is 3.51. The van der Waals surface area contributed by atoms with Gasteiger partial charge in [-0.05, 0) is 86.8 Å². The lowest BCUT2D eigenvalue weighted by molar-refractivity contribution is 0.0596. The van der Waals surface area contributed by atoms with Gasteiger partial charge in [-0.15, -0.1) is 12.4 Å². The van der Waals surface area contributed by atoms with Crippen molar-refractivity contribution in [2.45, 2.75) is 100.0 Å². The van der Waals surface area contributed by atoms with Crippen LogP contribution in [0.5, 0.6) is 5.75 Å². The molecule has 2 atom stereocenters. The lowest BCUT2D eigenvalue weighted by Gasteiger charge is -2.28. The van der Waals surface area contributed by atoms with Gasteiger partial charge in [0.2, 0.25) is 0 Å². The Bertz CT molecular complexity index is 902. The smallest absolute Gasteiger partial charge is 0.159 e. The number of ether oxygens (including phenoxy) is 1. The van der Waals surface area contributed by atoms with E-state index in [1.807, 2.05) is 11.8 Å². The second-order valence-electron chi connectivity index (χ2n) is 9.60. The summed E-state index contributed by atoms with van der Waals surface area (Å²) in [5, 5.41) is 10.3. The molecule has 2 aliphatic heterocycles. The highest BCUT2D eigenvalue weighted by Gasteiger charge is 2.40. The number of hydrogen-bond donors (Lipinski definition) is 1. The monoisotopic (exact) mass is 567 g/mol. The first-order valence-electron chi connectivity index (χ1n) is 12.7. The molecule has 34 heavy (non-hydrogen) atoms. The summed E-state index contributed by atoms with van der Waals surface area (Å²) in [6.07, 6.45) is 11.4. The van der Waals surface area contributed by atoms with E-state index < -0.39 is 0 Å². The zero-order chi connectivity index (χ0) is 23.3. The fourth-order valence-corrected chi connectivity index (χ4v) is 7.04. The number of aryl methyl sites for hydroxylation is 1. The fourth-order valence-electron chi connectivity index (χ4n) is 5.34. The van der Waals surface area contributed by atoms with Crippen LogP contribution < -0.4 is 4.74 Å². The second-order valence-corrected chi connectivity index (χ2v) is 11.9. The van der Waals surface area contributed by atoms with Gasteiger partial charge in [-0.3, -0.25) is 4.90 Å². The number of likely N-dealkylation sites (tertiary alicyclic amines) is 1. The average Bonchev–Trinajstić information content (AvgIpc) is 3.41. The van der Waals surface area contributed by atoms with Crippen molar-refractivity contribution in [3.63, 3.8) is 0 Å². The van der Waals surface area contributed by atoms with Crippen molar-refractivity contribution in [3.05, 3.63) is 58.1 Å². The third kappa shape index (κ3) is 6.53. The van der Waals surface area contributed by atoms with Crippen LogP contribution in [0.4, 0.5) is 0 Å². The van der Waals surface area contributed by atoms with E-state index in [2.05, 4.69) is 77.1 Å². The third-order valence-electron chi connectivity index (χ3n) is 7.25. The molecule has 0 aliphatic carbocycles. The van der Waals surface area contributed by atoms with E-state index >= 15 is 0 Å². The molecule has 0 saturated carbocycles. The van der Waals surface area contributed by atoms with Gasteiger partial charge >= 0.3 is 0 Å². The molecule has 2 aliphatic rings. The highest BCUT2D eigenvalue weighted by atomic mass is 79.9. The Morgan fingerprint density at radius 1 is 1.06 bits per heavy atom. The van der Waals surface area contributed by atoms with Gasteiger partial charge in [0.1, 0.15) is 5.75 Å². The Labute approximate surface area is 224 Å². The number of aliphatic hydroxyl groups excluding tert-OH is 1. The second kappa shape index (κ2) is 13.0. The lowest BCUT2D eigenvalue weighted by Crippen LogP contribution is -2.32. The molecule has 2 unspecified atom stereocenters. The van der Waals surface area contributed by atoms with Crippen LogP contribution >= 0.6 is 40.1 Å². The van der Waals surface area contributed by atoms with E-state index in [-0.39, 0.29) is 30.1 Å². The first-order valence-corrected chi connectivity index (χ1v) is 14.3. The van der Waals surface area contributed by atoms with Crippen LogP contribution in [-0.2, 0) is 6.42 Å². The zero-order valence-electron chi connectivity index (χ0n) is 20.5. The van der Waals surface area contributed by atoms with E-state index in [9.17, 15) is 5.11 Å². The van der Waals surface area contributed by atoms with E-state index in [0.717, 1.165) is 48.7 Å². The lowest BCUT2D eigenvalue weighted by atomic mass is 10.0. The minimum Gasteiger partial charge on any atom is -0.475 e. The van der Waals surface area contributed by atoms with Crippen molar-refractivity contribution in [2.24, 2.45) is 0 Å². The van der Waals surface area contributed by atoms with Crippen molar-refractivity contribution in [2.75, 3.05) is 6.73 Å². The van der Waals surface area contributed by atoms with Crippen LogP contribution in [0.1, 0.15) is 88.8 Å². The van der Waals surface area contributed by atoms with Gasteiger partial charge in [0.25, 0.3) is 0 Å². The predicted molar refractivity (Wildman–Crippen MR) is 149 cm³/mol. The Kier molecular flexibility index (Phi) is 10.7. The predicted octanol–water partition coefficient (Wildman–Crippen LogP) is 8.52. The summed E-state index contributed by atoms with van der Waals surface area (Å²) in [5.74, 6) is 1.05. The molecule has 0 spiro atoms. The number of hydrogen-bond acceptors (Lipinski definition) is 4. The van der Waals surface area contributed by atoms with Gasteiger partial charge in [-0.25, -0.2) is 0 Å².